The monoisotopic (exact) mass is 584 g/mol. The van der Waals surface area contributed by atoms with E-state index in [0.717, 1.165) is 50.9 Å². The number of rotatable bonds is 9. The molecule has 1 aliphatic carbocycles. The largest absolute Gasteiger partial charge is 0.439 e. The molecule has 3 aromatic heterocycles. The first-order chi connectivity index (χ1) is 20.0. The van der Waals surface area contributed by atoms with Gasteiger partial charge in [0.2, 0.25) is 17.6 Å². The van der Waals surface area contributed by atoms with E-state index in [0.29, 0.717) is 46.2 Å². The highest BCUT2D eigenvalue weighted by Gasteiger charge is 2.32. The lowest BCUT2D eigenvalue weighted by molar-refractivity contribution is -0.137. The molecule has 2 aliphatic rings. The molecule has 1 saturated carbocycles. The Morgan fingerprint density at radius 3 is 2.48 bits per heavy atom. The first-order valence-corrected chi connectivity index (χ1v) is 14.6. The van der Waals surface area contributed by atoms with Crippen LogP contribution in [-0.2, 0) is 12.7 Å². The van der Waals surface area contributed by atoms with Gasteiger partial charge in [0.05, 0.1) is 12.1 Å². The number of halogens is 3. The Morgan fingerprint density at radius 1 is 1.10 bits per heavy atom. The fourth-order valence-electron chi connectivity index (χ4n) is 6.08. The van der Waals surface area contributed by atoms with Crippen molar-refractivity contribution < 1.29 is 17.7 Å². The van der Waals surface area contributed by atoms with Gasteiger partial charge in [-0.1, -0.05) is 37.6 Å². The van der Waals surface area contributed by atoms with Crippen LogP contribution in [0.15, 0.2) is 33.6 Å². The van der Waals surface area contributed by atoms with Gasteiger partial charge >= 0.3 is 11.9 Å². The van der Waals surface area contributed by atoms with E-state index in [1.54, 1.807) is 0 Å². The number of hydrogen-bond acceptors (Lipinski definition) is 8. The minimum absolute atomic E-state index is 0.0956. The molecule has 0 amide bonds. The molecule has 0 spiro atoms. The number of imidazole rings is 1. The molecule has 13 heteroatoms. The van der Waals surface area contributed by atoms with Gasteiger partial charge < -0.3 is 14.8 Å². The summed E-state index contributed by atoms with van der Waals surface area (Å²) in [5.41, 5.74) is 1.06. The summed E-state index contributed by atoms with van der Waals surface area (Å²) >= 11 is 0. The fraction of sp³-hybridized carbons (Fsp3) is 0.552. The van der Waals surface area contributed by atoms with Crippen molar-refractivity contribution in [1.29, 1.82) is 0 Å². The molecule has 224 valence electrons. The maximum absolute atomic E-state index is 13.3. The SMILES string of the molecule is CC(C)CC1CCN(c2nc3nc(-c4noc(=O)[nH]4)nc(N[C@H](C)C4CCC4)c3n2Cc2ccc(C(F)(F)F)cc2)C1. The van der Waals surface area contributed by atoms with Crippen molar-refractivity contribution in [3.05, 3.63) is 45.9 Å². The third-order valence-corrected chi connectivity index (χ3v) is 8.45. The number of aromatic amines is 1. The number of H-pyrrole nitrogens is 1. The number of alkyl halides is 3. The lowest BCUT2D eigenvalue weighted by Crippen LogP contribution is -2.31. The molecule has 2 atom stereocenters. The van der Waals surface area contributed by atoms with Gasteiger partial charge in [0.15, 0.2) is 11.5 Å². The fourth-order valence-corrected chi connectivity index (χ4v) is 6.08. The minimum Gasteiger partial charge on any atom is -0.365 e. The van der Waals surface area contributed by atoms with Crippen LogP contribution in [0.4, 0.5) is 24.9 Å². The van der Waals surface area contributed by atoms with E-state index in [1.807, 2.05) is 4.57 Å². The summed E-state index contributed by atoms with van der Waals surface area (Å²) < 4.78 is 46.5. The van der Waals surface area contributed by atoms with E-state index in [2.05, 4.69) is 46.1 Å². The van der Waals surface area contributed by atoms with Gasteiger partial charge in [-0.25, -0.2) is 14.8 Å². The highest BCUT2D eigenvalue weighted by Crippen LogP contribution is 2.36. The molecule has 2 fully saturated rings. The van der Waals surface area contributed by atoms with Crippen LogP contribution in [0.1, 0.15) is 64.0 Å². The Labute approximate surface area is 240 Å². The van der Waals surface area contributed by atoms with E-state index >= 15 is 0 Å². The molecule has 6 rings (SSSR count). The Morgan fingerprint density at radius 2 is 1.86 bits per heavy atom. The van der Waals surface area contributed by atoms with Gasteiger partial charge in [0, 0.05) is 19.1 Å². The van der Waals surface area contributed by atoms with Gasteiger partial charge in [0.25, 0.3) is 0 Å². The highest BCUT2D eigenvalue weighted by molar-refractivity contribution is 5.87. The van der Waals surface area contributed by atoms with Crippen LogP contribution in [-0.4, -0.2) is 48.8 Å². The molecule has 1 saturated heterocycles. The summed E-state index contributed by atoms with van der Waals surface area (Å²) in [6, 6.07) is 5.33. The van der Waals surface area contributed by atoms with Crippen LogP contribution >= 0.6 is 0 Å². The molecule has 0 radical (unpaired) electrons. The van der Waals surface area contributed by atoms with Gasteiger partial charge in [0.1, 0.15) is 5.52 Å². The minimum atomic E-state index is -4.41. The van der Waals surface area contributed by atoms with Gasteiger partial charge in [-0.3, -0.25) is 9.51 Å². The standard InChI is InChI=1S/C29H35F3N8O2/c1-16(2)13-19-11-12-39(14-19)27-36-24-22(40(27)15-18-7-9-21(10-8-18)29(30,31)32)23(33-17(3)20-5-4-6-20)34-25(35-24)26-37-28(41)42-38-26/h7-10,16-17,19-20H,4-6,11-15H2,1-3H3,(H,33,34,35)(H,37,38,41)/t17-,19?/m1/s1. The van der Waals surface area contributed by atoms with E-state index < -0.39 is 17.5 Å². The Bertz CT molecular complexity index is 1600. The third kappa shape index (κ3) is 5.73. The average Bonchev–Trinajstić information content (AvgIpc) is 3.61. The molecule has 4 aromatic rings. The van der Waals surface area contributed by atoms with Crippen LogP contribution in [0.25, 0.3) is 22.8 Å². The first-order valence-electron chi connectivity index (χ1n) is 14.6. The second-order valence-electron chi connectivity index (χ2n) is 12.1. The number of aromatic nitrogens is 6. The van der Waals surface area contributed by atoms with Crippen LogP contribution in [0.2, 0.25) is 0 Å². The zero-order valence-corrected chi connectivity index (χ0v) is 23.9. The Hall–Kier alpha value is -3.90. The zero-order valence-electron chi connectivity index (χ0n) is 23.9. The summed E-state index contributed by atoms with van der Waals surface area (Å²) in [5.74, 6) is 2.35. The van der Waals surface area contributed by atoms with Crippen molar-refractivity contribution >= 4 is 22.9 Å². The predicted octanol–water partition coefficient (Wildman–Crippen LogP) is 5.71. The number of anilines is 2. The Balaban J connectivity index is 1.47. The Kier molecular flexibility index (Phi) is 7.44. The molecule has 42 heavy (non-hydrogen) atoms. The molecule has 0 bridgehead atoms. The number of hydrogen-bond donors (Lipinski definition) is 2. The first kappa shape index (κ1) is 28.2. The second kappa shape index (κ2) is 11.1. The maximum atomic E-state index is 13.3. The quantitative estimate of drug-likeness (QED) is 0.257. The summed E-state index contributed by atoms with van der Waals surface area (Å²) in [5, 5.41) is 7.35. The molecule has 1 aromatic carbocycles. The summed E-state index contributed by atoms with van der Waals surface area (Å²) in [6.07, 6.45) is 1.14. The van der Waals surface area contributed by atoms with Gasteiger partial charge in [-0.15, -0.1) is 0 Å². The number of nitrogens with zero attached hydrogens (tertiary/aromatic N) is 6. The van der Waals surface area contributed by atoms with Gasteiger partial charge in [-0.05, 0) is 68.1 Å². The van der Waals surface area contributed by atoms with E-state index in [-0.39, 0.29) is 24.2 Å². The number of nitrogens with one attached hydrogen (secondary N) is 2. The van der Waals surface area contributed by atoms with Crippen LogP contribution in [0.5, 0.6) is 0 Å². The van der Waals surface area contributed by atoms with Crippen molar-refractivity contribution in [2.45, 2.75) is 71.6 Å². The van der Waals surface area contributed by atoms with Crippen molar-refractivity contribution in [1.82, 2.24) is 29.7 Å². The molecule has 1 unspecified atom stereocenters. The molecule has 4 heterocycles. The second-order valence-corrected chi connectivity index (χ2v) is 12.1. The predicted molar refractivity (Wildman–Crippen MR) is 152 cm³/mol. The molecule has 10 nitrogen and oxygen atoms in total. The highest BCUT2D eigenvalue weighted by atomic mass is 19.4. The van der Waals surface area contributed by atoms with Crippen molar-refractivity contribution in [2.24, 2.45) is 17.8 Å². The van der Waals surface area contributed by atoms with E-state index in [4.69, 9.17) is 14.5 Å². The van der Waals surface area contributed by atoms with Crippen LogP contribution < -0.4 is 16.0 Å². The number of benzene rings is 1. The summed E-state index contributed by atoms with van der Waals surface area (Å²) in [7, 11) is 0. The van der Waals surface area contributed by atoms with Crippen molar-refractivity contribution in [2.75, 3.05) is 23.3 Å². The lowest BCUT2D eigenvalue weighted by atomic mass is 9.80. The van der Waals surface area contributed by atoms with E-state index in [1.165, 1.54) is 18.6 Å². The molecule has 2 N–H and O–H groups in total. The topological polar surface area (TPSA) is 118 Å². The van der Waals surface area contributed by atoms with Crippen molar-refractivity contribution in [3.8, 4) is 11.6 Å². The van der Waals surface area contributed by atoms with E-state index in [9.17, 15) is 18.0 Å². The summed E-state index contributed by atoms with van der Waals surface area (Å²) in [4.78, 5) is 30.8. The zero-order chi connectivity index (χ0) is 29.6. The average molecular weight is 585 g/mol. The lowest BCUT2D eigenvalue weighted by Gasteiger charge is -2.32. The van der Waals surface area contributed by atoms with Crippen molar-refractivity contribution in [3.63, 3.8) is 0 Å². The molecule has 1 aliphatic heterocycles. The molecular formula is C29H35F3N8O2. The molecular weight excluding hydrogens is 549 g/mol. The number of fused-ring (bicyclic) bond motifs is 1. The smallest absolute Gasteiger partial charge is 0.365 e. The maximum Gasteiger partial charge on any atom is 0.439 e. The van der Waals surface area contributed by atoms with Crippen LogP contribution in [0.3, 0.4) is 0 Å². The van der Waals surface area contributed by atoms with Crippen LogP contribution in [0, 0.1) is 17.8 Å². The summed E-state index contributed by atoms with van der Waals surface area (Å²) in [6.45, 7) is 8.47. The van der Waals surface area contributed by atoms with Gasteiger partial charge in [-0.2, -0.15) is 18.2 Å². The normalized spacial score (nSPS) is 18.6. The third-order valence-electron chi connectivity index (χ3n) is 8.45.